The molecule has 10 aromatic rings. The Morgan fingerprint density at radius 1 is 0.480 bits per heavy atom. The van der Waals surface area contributed by atoms with Gasteiger partial charge < -0.3 is 8.98 Å². The Balaban J connectivity index is 1.22. The second-order valence-electron chi connectivity index (χ2n) is 12.1. The van der Waals surface area contributed by atoms with Crippen LogP contribution in [0.15, 0.2) is 174 Å². The zero-order valence-corrected chi connectivity index (χ0v) is 26.5. The topological polar surface area (TPSA) is 56.7 Å². The lowest BCUT2D eigenvalue weighted by Gasteiger charge is -2.10. The predicted molar refractivity (Wildman–Crippen MR) is 203 cm³/mol. The molecule has 3 aromatic heterocycles. The van der Waals surface area contributed by atoms with Gasteiger partial charge in [0, 0.05) is 27.3 Å². The summed E-state index contributed by atoms with van der Waals surface area (Å²) in [5.74, 6) is 0.503. The molecule has 0 unspecified atom stereocenters. The van der Waals surface area contributed by atoms with Crippen molar-refractivity contribution in [2.24, 2.45) is 0 Å². The monoisotopic (exact) mass is 645 g/mol. The fourth-order valence-corrected chi connectivity index (χ4v) is 6.92. The zero-order valence-electron chi connectivity index (χ0n) is 31.5. The molecular formula is C45H28N4O. The fraction of sp³-hybridized carbons (Fsp3) is 0. The highest BCUT2D eigenvalue weighted by molar-refractivity contribution is 6.16. The van der Waals surface area contributed by atoms with Crippen LogP contribution in [-0.2, 0) is 0 Å². The van der Waals surface area contributed by atoms with E-state index in [1.165, 1.54) is 0 Å². The van der Waals surface area contributed by atoms with Gasteiger partial charge in [0.05, 0.1) is 34.5 Å². The van der Waals surface area contributed by atoms with E-state index < -0.39 is 30.2 Å². The van der Waals surface area contributed by atoms with Crippen LogP contribution in [0.5, 0.6) is 0 Å². The van der Waals surface area contributed by atoms with Crippen LogP contribution in [-0.4, -0.2) is 19.5 Å². The van der Waals surface area contributed by atoms with Crippen LogP contribution in [0, 0.1) is 0 Å². The molecule has 0 amide bonds. The summed E-state index contributed by atoms with van der Waals surface area (Å²) in [6.45, 7) is 0. The Kier molecular flexibility index (Phi) is 5.35. The van der Waals surface area contributed by atoms with E-state index in [0.717, 1.165) is 49.4 Å². The Labute approximate surface area is 294 Å². The van der Waals surface area contributed by atoms with Crippen molar-refractivity contribution in [1.29, 1.82) is 0 Å². The minimum Gasteiger partial charge on any atom is -0.455 e. The molecule has 3 heterocycles. The second kappa shape index (κ2) is 11.4. The normalized spacial score (nSPS) is 13.0. The van der Waals surface area contributed by atoms with Gasteiger partial charge in [-0.05, 0) is 47.5 Å². The van der Waals surface area contributed by atoms with Crippen molar-refractivity contribution < 1.29 is 11.3 Å². The Bertz CT molecular complexity index is 3130. The van der Waals surface area contributed by atoms with Crippen LogP contribution in [0.2, 0.25) is 0 Å². The van der Waals surface area contributed by atoms with Crippen LogP contribution in [0.3, 0.4) is 0 Å². The molecule has 5 heteroatoms. The lowest BCUT2D eigenvalue weighted by molar-refractivity contribution is 0.669. The maximum atomic E-state index is 8.70. The molecular weight excluding hydrogens is 613 g/mol. The number of hydrogen-bond donors (Lipinski definition) is 0. The highest BCUT2D eigenvalue weighted by atomic mass is 16.3. The maximum absolute atomic E-state index is 8.70. The van der Waals surface area contributed by atoms with E-state index in [1.807, 2.05) is 66.7 Å². The Morgan fingerprint density at radius 3 is 1.96 bits per heavy atom. The Morgan fingerprint density at radius 2 is 1.14 bits per heavy atom. The van der Waals surface area contributed by atoms with E-state index >= 15 is 0 Å². The number of hydrogen-bond acceptors (Lipinski definition) is 4. The quantitative estimate of drug-likeness (QED) is 0.187. The van der Waals surface area contributed by atoms with Crippen LogP contribution in [0.25, 0.3) is 94.7 Å². The summed E-state index contributed by atoms with van der Waals surface area (Å²) in [7, 11) is 0. The maximum Gasteiger partial charge on any atom is 0.167 e. The van der Waals surface area contributed by atoms with E-state index in [0.29, 0.717) is 28.1 Å². The third-order valence-corrected chi connectivity index (χ3v) is 9.15. The van der Waals surface area contributed by atoms with Crippen LogP contribution in [0.4, 0.5) is 0 Å². The number of nitrogens with zero attached hydrogens (tertiary/aromatic N) is 4. The van der Waals surface area contributed by atoms with E-state index in [9.17, 15) is 0 Å². The predicted octanol–water partition coefficient (Wildman–Crippen LogP) is 11.5. The van der Waals surface area contributed by atoms with Gasteiger partial charge in [-0.1, -0.05) is 133 Å². The molecule has 0 aliphatic carbocycles. The summed E-state index contributed by atoms with van der Waals surface area (Å²) in [6.07, 6.45) is 0. The van der Waals surface area contributed by atoms with E-state index in [2.05, 4.69) is 82.3 Å². The highest BCUT2D eigenvalue weighted by Crippen LogP contribution is 2.42. The number of rotatable bonds is 5. The number of fused-ring (bicyclic) bond motifs is 6. The van der Waals surface area contributed by atoms with Gasteiger partial charge in [-0.25, -0.2) is 15.0 Å². The summed E-state index contributed by atoms with van der Waals surface area (Å²) in [6, 6.07) is 44.4. The molecule has 0 saturated carbocycles. The minimum atomic E-state index is -0.487. The van der Waals surface area contributed by atoms with Gasteiger partial charge in [-0.2, -0.15) is 0 Å². The first-order valence-electron chi connectivity index (χ1n) is 18.8. The molecule has 0 aliphatic rings. The minimum absolute atomic E-state index is 0.0326. The molecule has 0 bridgehead atoms. The Hall–Kier alpha value is -6.85. The molecule has 5 nitrogen and oxygen atoms in total. The molecule has 0 fully saturated rings. The summed E-state index contributed by atoms with van der Waals surface area (Å²) in [5, 5.41) is 4.04. The van der Waals surface area contributed by atoms with Gasteiger partial charge in [0.2, 0.25) is 0 Å². The SMILES string of the molecule is [2H]c1c([2H])c([2H])c(-c2nc(-c3ccccc3)nc(-c3cccc4c3oc3cccc(-n5c6ccccc6c6cc(-c7ccccc7)ccc65)c34)n2)c([2H])c1[2H]. The van der Waals surface area contributed by atoms with Crippen molar-refractivity contribution in [1.82, 2.24) is 19.5 Å². The standard InChI is InChI=1S/C45H28N4O/c1-4-14-29(15-5-1)32-26-27-38-36(28-32)33-20-10-11-23-37(33)49(38)39-24-13-25-40-41(39)34-21-12-22-35(42(34)50-40)45-47-43(30-16-6-2-7-17-30)46-44(48-45)31-18-8-3-9-19-31/h1-28H/i2D,6D,7D,16D,17D. The number of para-hydroxylation sites is 2. The van der Waals surface area contributed by atoms with E-state index in [-0.39, 0.29) is 17.2 Å². The third-order valence-electron chi connectivity index (χ3n) is 9.15. The molecule has 50 heavy (non-hydrogen) atoms. The van der Waals surface area contributed by atoms with Crippen LogP contribution < -0.4 is 0 Å². The molecule has 0 saturated heterocycles. The first-order chi connectivity index (χ1) is 26.9. The smallest absolute Gasteiger partial charge is 0.167 e. The van der Waals surface area contributed by atoms with Crippen molar-refractivity contribution >= 4 is 43.7 Å². The molecule has 10 rings (SSSR count). The molecule has 234 valence electrons. The van der Waals surface area contributed by atoms with Crippen molar-refractivity contribution in [3.05, 3.63) is 170 Å². The molecule has 0 spiro atoms. The number of aromatic nitrogens is 4. The first-order valence-corrected chi connectivity index (χ1v) is 16.3. The van der Waals surface area contributed by atoms with Gasteiger partial charge in [-0.3, -0.25) is 0 Å². The van der Waals surface area contributed by atoms with Crippen molar-refractivity contribution in [2.75, 3.05) is 0 Å². The van der Waals surface area contributed by atoms with Crippen molar-refractivity contribution in [2.45, 2.75) is 0 Å². The molecule has 0 radical (unpaired) electrons. The lowest BCUT2D eigenvalue weighted by Crippen LogP contribution is -2.00. The summed E-state index contributed by atoms with van der Waals surface area (Å²) >= 11 is 0. The number of furan rings is 1. The van der Waals surface area contributed by atoms with Crippen LogP contribution >= 0.6 is 0 Å². The molecule has 0 atom stereocenters. The largest absolute Gasteiger partial charge is 0.455 e. The van der Waals surface area contributed by atoms with Gasteiger partial charge >= 0.3 is 0 Å². The van der Waals surface area contributed by atoms with E-state index in [1.54, 1.807) is 0 Å². The van der Waals surface area contributed by atoms with Crippen molar-refractivity contribution in [3.63, 3.8) is 0 Å². The fourth-order valence-electron chi connectivity index (χ4n) is 6.92. The average Bonchev–Trinajstić information content (AvgIpc) is 3.79. The van der Waals surface area contributed by atoms with Gasteiger partial charge in [0.25, 0.3) is 0 Å². The van der Waals surface area contributed by atoms with Gasteiger partial charge in [0.1, 0.15) is 11.2 Å². The van der Waals surface area contributed by atoms with Gasteiger partial charge in [0.15, 0.2) is 17.5 Å². The highest BCUT2D eigenvalue weighted by Gasteiger charge is 2.21. The average molecular weight is 646 g/mol. The summed E-state index contributed by atoms with van der Waals surface area (Å²) in [5.41, 5.74) is 7.75. The molecule has 0 aliphatic heterocycles. The number of benzene rings is 7. The lowest BCUT2D eigenvalue weighted by atomic mass is 10.0. The molecule has 0 N–H and O–H groups in total. The van der Waals surface area contributed by atoms with Crippen LogP contribution in [0.1, 0.15) is 6.85 Å². The summed E-state index contributed by atoms with van der Waals surface area (Å²) in [4.78, 5) is 14.3. The van der Waals surface area contributed by atoms with Crippen molar-refractivity contribution in [3.8, 4) is 51.0 Å². The zero-order chi connectivity index (χ0) is 37.4. The molecule has 7 aromatic carbocycles. The van der Waals surface area contributed by atoms with Gasteiger partial charge in [-0.15, -0.1) is 0 Å². The van der Waals surface area contributed by atoms with E-state index in [4.69, 9.17) is 21.2 Å². The third kappa shape index (κ3) is 4.52. The first kappa shape index (κ1) is 23.5. The summed E-state index contributed by atoms with van der Waals surface area (Å²) < 4.78 is 51.2. The second-order valence-corrected chi connectivity index (χ2v) is 12.1.